The summed E-state index contributed by atoms with van der Waals surface area (Å²) in [6, 6.07) is 36.4. The highest BCUT2D eigenvalue weighted by Gasteiger charge is 2.35. The van der Waals surface area contributed by atoms with E-state index in [0.717, 1.165) is 211 Å². The number of carbonyl (C=O) groups is 4. The number of amides is 3. The summed E-state index contributed by atoms with van der Waals surface area (Å²) in [6.45, 7) is 45.3. The summed E-state index contributed by atoms with van der Waals surface area (Å²) in [7, 11) is 9.99. The van der Waals surface area contributed by atoms with E-state index >= 15 is 0 Å². The minimum atomic E-state index is -0.535. The van der Waals surface area contributed by atoms with Crippen LogP contribution >= 0.6 is 11.6 Å². The van der Waals surface area contributed by atoms with Gasteiger partial charge < -0.3 is 102 Å². The van der Waals surface area contributed by atoms with Crippen LogP contribution in [0.1, 0.15) is 231 Å². The molecule has 5 atom stereocenters. The Kier molecular flexibility index (Phi) is 48.0. The maximum Gasteiger partial charge on any atom is 0.410 e. The third kappa shape index (κ3) is 41.4. The number of nitro benzene ring substituents is 1. The third-order valence-electron chi connectivity index (χ3n) is 23.4. The van der Waals surface area contributed by atoms with E-state index in [1.54, 1.807) is 62.3 Å². The van der Waals surface area contributed by atoms with Crippen molar-refractivity contribution >= 4 is 53.4 Å². The lowest BCUT2D eigenvalue weighted by Gasteiger charge is -2.24. The van der Waals surface area contributed by atoms with Crippen LogP contribution in [0, 0.1) is 37.8 Å². The maximum atomic E-state index is 12.3. The van der Waals surface area contributed by atoms with Gasteiger partial charge in [-0.15, -0.1) is 0 Å². The summed E-state index contributed by atoms with van der Waals surface area (Å²) in [5.41, 5.74) is 20.2. The molecule has 3 amide bonds. The number of anilines is 2. The van der Waals surface area contributed by atoms with Crippen LogP contribution < -0.4 is 40.1 Å². The van der Waals surface area contributed by atoms with Crippen molar-refractivity contribution in [3.05, 3.63) is 232 Å². The van der Waals surface area contributed by atoms with Gasteiger partial charge in [-0.25, -0.2) is 54.3 Å². The number of likely N-dealkylation sites (N-methyl/N-ethyl adjacent to an activating group) is 1. The van der Waals surface area contributed by atoms with E-state index in [1.165, 1.54) is 37.3 Å². The average Bonchev–Trinajstić information content (AvgIpc) is 1.77. The fourth-order valence-electron chi connectivity index (χ4n) is 16.3. The van der Waals surface area contributed by atoms with Gasteiger partial charge in [0.2, 0.25) is 5.28 Å². The molecule has 4 aromatic heterocycles. The second kappa shape index (κ2) is 58.9. The number of nitrogen functional groups attached to an aromatic ring is 1. The number of ether oxygens (including phenoxy) is 13. The van der Waals surface area contributed by atoms with Crippen molar-refractivity contribution < 1.29 is 85.7 Å². The number of halogens is 1. The first-order valence-electron chi connectivity index (χ1n) is 49.8. The number of nitro groups is 1. The highest BCUT2D eigenvalue weighted by atomic mass is 35.5. The highest BCUT2D eigenvalue weighted by molar-refractivity contribution is 6.28. The fraction of sp³-hybridized carbons (Fsp3) is 0.541. The van der Waals surface area contributed by atoms with Gasteiger partial charge in [-0.05, 0) is 269 Å². The molecule has 5 aliphatic heterocycles. The van der Waals surface area contributed by atoms with Gasteiger partial charge in [0.1, 0.15) is 75.1 Å². The van der Waals surface area contributed by atoms with Crippen molar-refractivity contribution in [2.24, 2.45) is 0 Å². The minimum Gasteiger partial charge on any atom is -0.496 e. The average molecular weight is 2030 g/mol. The number of hydrogen-bond acceptors (Lipinski definition) is 31. The Labute approximate surface area is 861 Å². The molecule has 14 rings (SSSR count). The molecule has 4 N–H and O–H groups in total. The largest absolute Gasteiger partial charge is 0.496 e. The summed E-state index contributed by atoms with van der Waals surface area (Å²) in [5.74, 6) is 7.13. The zero-order chi connectivity index (χ0) is 106. The third-order valence-corrected chi connectivity index (χ3v) is 23.6. The van der Waals surface area contributed by atoms with Gasteiger partial charge in [0, 0.05) is 157 Å². The van der Waals surface area contributed by atoms with Crippen molar-refractivity contribution in [2.75, 3.05) is 126 Å². The van der Waals surface area contributed by atoms with Crippen LogP contribution in [-0.4, -0.2) is 251 Å². The number of nitrogens with zero attached hydrogens (tertiary/aromatic N) is 13. The molecular formula is C109H155ClN16O19. The van der Waals surface area contributed by atoms with E-state index in [4.69, 9.17) is 83.7 Å². The molecule has 9 heterocycles. The van der Waals surface area contributed by atoms with Crippen molar-refractivity contribution in [2.45, 2.75) is 276 Å². The first-order chi connectivity index (χ1) is 69.0. The number of non-ortho nitro benzene ring substituents is 1. The van der Waals surface area contributed by atoms with Crippen molar-refractivity contribution in [3.8, 4) is 28.7 Å². The molecule has 5 fully saturated rings. The predicted octanol–water partition coefficient (Wildman–Crippen LogP) is 18.5. The molecule has 5 aromatic carbocycles. The molecule has 0 saturated carbocycles. The summed E-state index contributed by atoms with van der Waals surface area (Å²) < 4.78 is 73.4. The number of rotatable bonds is 32. The van der Waals surface area contributed by atoms with Crippen molar-refractivity contribution in [1.82, 2.24) is 64.8 Å². The van der Waals surface area contributed by atoms with Crippen LogP contribution in [0.25, 0.3) is 0 Å². The van der Waals surface area contributed by atoms with Crippen LogP contribution in [-0.2, 0) is 114 Å². The van der Waals surface area contributed by atoms with E-state index in [0.29, 0.717) is 108 Å². The molecule has 145 heavy (non-hydrogen) atoms. The quantitative estimate of drug-likeness (QED) is 0.00880. The number of nitrogens with two attached hydrogens (primary N) is 1. The van der Waals surface area contributed by atoms with Crippen LogP contribution in [0.5, 0.6) is 28.7 Å². The zero-order valence-electron chi connectivity index (χ0n) is 89.6. The maximum absolute atomic E-state index is 12.3. The van der Waals surface area contributed by atoms with Crippen LogP contribution in [0.15, 0.2) is 115 Å². The zero-order valence-corrected chi connectivity index (χ0v) is 90.3. The summed E-state index contributed by atoms with van der Waals surface area (Å²) in [6.07, 6.45) is 9.53. The van der Waals surface area contributed by atoms with Gasteiger partial charge in [-0.2, -0.15) is 0 Å². The Bertz CT molecular complexity index is 5580. The van der Waals surface area contributed by atoms with Crippen LogP contribution in [0.2, 0.25) is 5.28 Å². The topological polar surface area (TPSA) is 398 Å². The van der Waals surface area contributed by atoms with E-state index in [-0.39, 0.29) is 54.2 Å². The van der Waals surface area contributed by atoms with Gasteiger partial charge in [0.05, 0.1) is 124 Å². The van der Waals surface area contributed by atoms with Crippen molar-refractivity contribution in [1.29, 1.82) is 0 Å². The molecule has 36 heteroatoms. The number of carbonyl (C=O) groups excluding carboxylic acids is 4. The Balaban J connectivity index is 0.000000215. The molecule has 792 valence electrons. The SMILES string of the molecule is CC=O.CCc1cc(C)nc(Cc2ccc(OC)c(COC3CCN(C(=O)OC(C)(C)C)C3)c2)n1.CCc1cc(C)nc(Cc2ccc(OC)c(COC3CCN(CC)C3)c2)n1.CCc1cc(C)nc(Cc2ccc(OC)c(COC3CCNC3)c2)n1.CNc1cc(C)nc(Cl)n1.COc1ccc(N)cc1COC1CCN(C(=O)OC(C)(C)C)C1.COc1ccc([N+](=O)[O-])cc1COC1CCN(C(=O)OC(C)(C)C)C1. The normalized spacial score (nSPS) is 16.4. The number of aldehydes is 1. The smallest absolute Gasteiger partial charge is 0.410 e. The summed E-state index contributed by atoms with van der Waals surface area (Å²) >= 11 is 5.57. The molecule has 5 saturated heterocycles. The molecule has 5 aliphatic rings. The Morgan fingerprint density at radius 3 is 1.08 bits per heavy atom. The van der Waals surface area contributed by atoms with E-state index in [9.17, 15) is 24.5 Å². The van der Waals surface area contributed by atoms with E-state index in [2.05, 4.69) is 119 Å². The van der Waals surface area contributed by atoms with Crippen LogP contribution in [0.3, 0.4) is 0 Å². The van der Waals surface area contributed by atoms with E-state index in [1.807, 2.05) is 145 Å². The summed E-state index contributed by atoms with van der Waals surface area (Å²) in [4.78, 5) is 98.6. The van der Waals surface area contributed by atoms with E-state index < -0.39 is 21.7 Å². The summed E-state index contributed by atoms with van der Waals surface area (Å²) in [5, 5.41) is 17.4. The van der Waals surface area contributed by atoms with Gasteiger partial charge >= 0.3 is 18.3 Å². The number of benzene rings is 5. The van der Waals surface area contributed by atoms with Gasteiger partial charge in [0.25, 0.3) is 5.69 Å². The lowest BCUT2D eigenvalue weighted by molar-refractivity contribution is -0.385. The molecule has 35 nitrogen and oxygen atoms in total. The molecule has 0 spiro atoms. The first-order valence-corrected chi connectivity index (χ1v) is 50.2. The number of hydrogen-bond donors (Lipinski definition) is 3. The number of aromatic nitrogens is 8. The number of aryl methyl sites for hydroxylation is 7. The second-order valence-corrected chi connectivity index (χ2v) is 39.1. The molecule has 9 aromatic rings. The second-order valence-electron chi connectivity index (χ2n) is 38.7. The number of methoxy groups -OCH3 is 5. The Hall–Kier alpha value is -12.1. The monoisotopic (exact) mass is 2030 g/mol. The van der Waals surface area contributed by atoms with Gasteiger partial charge in [-0.3, -0.25) is 10.1 Å². The predicted molar refractivity (Wildman–Crippen MR) is 560 cm³/mol. The Morgan fingerprint density at radius 2 is 0.772 bits per heavy atom. The van der Waals surface area contributed by atoms with Crippen LogP contribution in [0.4, 0.5) is 31.6 Å². The standard InChI is InChI=1S/C25H35N3O4.C22H31N3O2.C20H27N3O2.C17H24N2O6.C17H26N2O4.C6H8ClN3.C2H4O/c1-7-20-12-17(2)26-23(27-20)14-18-8-9-22(30-6)19(13-18)16-31-21-10-11-28(15-21)24(29)32-25(3,4)5;1-5-19-11-16(3)23-22(24-19)13-17-7-8-21(26-4)18(12-17)15-27-20-9-10-25(6-2)14-20;1-4-17-9-14(2)22-20(23-17)11-15-5-6-19(24-3)16(10-15)13-25-18-7-8-21-12-18;1-17(2,3)25-16(20)18-8-7-14(10-18)24-11-12-9-13(19(21)22)5-6-15(12)23-4;1-17(2,3)23-16(20)19-8-7-14(10-19)22-11-12-9-13(18)5-6-15(12)21-4;1-4-3-5(8-2)10-6(7)9-4;1-2-3/h8-9,12-13,21H,7,10-11,14-16H2,1-6H3;7-8,11-12,20H,5-6,9-10,13-15H2,1-4H3;5-6,9-10,18,21H,4,7-8,11-13H2,1-3H3;5-6,9,14H,7-8,10-11H2,1-4H3;5-6,9,14H,7-8,10-11,18H2,1-4H3;3H,1-2H3,(H,8,9,10);2H,1H3. The minimum absolute atomic E-state index is 0.00587. The lowest BCUT2D eigenvalue weighted by atomic mass is 10.1. The number of likely N-dealkylation sites (tertiary alicyclic amines) is 4. The molecule has 0 radical (unpaired) electrons. The molecule has 0 aliphatic carbocycles. The molecular weight excluding hydrogens is 1870 g/mol. The van der Waals surface area contributed by atoms with Crippen molar-refractivity contribution in [3.63, 3.8) is 0 Å². The molecule has 0 bridgehead atoms. The Morgan fingerprint density at radius 1 is 0.448 bits per heavy atom. The number of nitrogens with one attached hydrogen (secondary N) is 2. The fourth-order valence-corrected chi connectivity index (χ4v) is 16.5. The molecule has 5 unspecified atom stereocenters. The highest BCUT2D eigenvalue weighted by Crippen LogP contribution is 2.33. The first kappa shape index (κ1) is 118. The lowest BCUT2D eigenvalue weighted by Crippen LogP contribution is -2.36. The van der Waals surface area contributed by atoms with Gasteiger partial charge in [0.15, 0.2) is 0 Å². The van der Waals surface area contributed by atoms with Gasteiger partial charge in [-0.1, -0.05) is 45.9 Å².